The molecule has 122 valence electrons. The lowest BCUT2D eigenvalue weighted by Crippen LogP contribution is -2.00. The second-order valence-electron chi connectivity index (χ2n) is 4.53. The molecule has 0 aromatic heterocycles. The van der Waals surface area contributed by atoms with E-state index in [9.17, 15) is 19.8 Å². The Morgan fingerprint density at radius 3 is 1.96 bits per heavy atom. The third-order valence-electron chi connectivity index (χ3n) is 2.96. The number of aromatic hydroxyl groups is 2. The second-order valence-corrected chi connectivity index (χ2v) is 4.53. The minimum Gasteiger partial charge on any atom is -0.506 e. The Bertz CT molecular complexity index is 869. The van der Waals surface area contributed by atoms with Gasteiger partial charge < -0.3 is 20.1 Å². The molecule has 2 aromatic carbocycles. The van der Waals surface area contributed by atoms with Gasteiger partial charge in [0.15, 0.2) is 0 Å². The molecule has 0 amide bonds. The lowest BCUT2D eigenvalue weighted by molar-refractivity contribution is 0.0600. The second kappa shape index (κ2) is 7.08. The minimum atomic E-state index is -1.17. The van der Waals surface area contributed by atoms with Gasteiger partial charge in [-0.25, -0.2) is 9.59 Å². The van der Waals surface area contributed by atoms with Gasteiger partial charge in [0.25, 0.3) is 0 Å². The van der Waals surface area contributed by atoms with Crippen molar-refractivity contribution in [3.63, 3.8) is 0 Å². The molecule has 8 nitrogen and oxygen atoms in total. The Morgan fingerprint density at radius 1 is 0.958 bits per heavy atom. The van der Waals surface area contributed by atoms with E-state index in [2.05, 4.69) is 20.7 Å². The Morgan fingerprint density at radius 2 is 1.46 bits per heavy atom. The highest BCUT2D eigenvalue weighted by Crippen LogP contribution is 2.29. The summed E-state index contributed by atoms with van der Waals surface area (Å²) < 4.78 is 4.56. The maximum absolute atomic E-state index is 11.4. The number of methoxy groups -OCH3 is 1. The van der Waals surface area contributed by atoms with Crippen molar-refractivity contribution in [3.8, 4) is 11.5 Å². The van der Waals surface area contributed by atoms with Gasteiger partial charge in [-0.2, -0.15) is 9.98 Å². The quantitative estimate of drug-likeness (QED) is 0.584. The van der Waals surface area contributed by atoms with E-state index >= 15 is 0 Å². The predicted octanol–water partition coefficient (Wildman–Crippen LogP) is 2.72. The lowest BCUT2D eigenvalue weighted by Gasteiger charge is -2.01. The molecule has 0 saturated carbocycles. The van der Waals surface area contributed by atoms with Crippen LogP contribution in [0.4, 0.5) is 11.4 Å². The molecule has 0 fully saturated rings. The number of carbonyl (C=O) groups excluding carboxylic acids is 1. The van der Waals surface area contributed by atoms with Crippen LogP contribution < -0.4 is 0 Å². The normalized spacial score (nSPS) is 9.71. The molecule has 0 saturated heterocycles. The molecule has 0 aliphatic rings. The van der Waals surface area contributed by atoms with Gasteiger partial charge >= 0.3 is 11.9 Å². The van der Waals surface area contributed by atoms with E-state index in [1.54, 1.807) is 0 Å². The van der Waals surface area contributed by atoms with Gasteiger partial charge in [-0.05, 0) is 36.4 Å². The van der Waals surface area contributed by atoms with Crippen molar-refractivity contribution < 1.29 is 29.6 Å². The van der Waals surface area contributed by atoms with Crippen LogP contribution in [0.15, 0.2) is 46.4 Å². The molecule has 0 atom stereocenters. The lowest BCUT2D eigenvalue weighted by atomic mass is 10.2. The topological polar surface area (TPSA) is 129 Å². The molecule has 2 rings (SSSR count). The highest BCUT2D eigenvalue weighted by atomic mass is 16.5. The number of carboxylic acid groups (broad SMARTS) is 1. The first-order valence-corrected chi connectivity index (χ1v) is 6.56. The molecular weight excluding hydrogens is 316 g/mol. The number of rotatable bonds is 4. The molecule has 0 bridgehead atoms. The fourth-order valence-corrected chi connectivity index (χ4v) is 1.74. The van der Waals surface area contributed by atoms with Crippen molar-refractivity contribution in [1.29, 1.82) is 0 Å². The molecule has 2 aromatic rings. The van der Waals surface area contributed by atoms with Crippen LogP contribution in [-0.4, -0.2) is 40.4 Å². The maximum Gasteiger partial charge on any atom is 0.337 e. The number of hydrogen-bond acceptors (Lipinski definition) is 7. The van der Waals surface area contributed by atoms with E-state index in [1.165, 1.54) is 37.4 Å². The third-order valence-corrected chi connectivity index (χ3v) is 2.96. The summed E-state index contributed by atoms with van der Waals surface area (Å²) >= 11 is 0. The smallest absolute Gasteiger partial charge is 0.337 e. The number of ether oxygens (including phenoxy) is 1. The van der Waals surface area contributed by atoms with E-state index < -0.39 is 11.9 Å². The van der Waals surface area contributed by atoms with Gasteiger partial charge in [0, 0.05) is 0 Å². The Labute approximate surface area is 136 Å². The van der Waals surface area contributed by atoms with Crippen LogP contribution >= 0.6 is 0 Å². The van der Waals surface area contributed by atoms with Gasteiger partial charge in [-0.1, -0.05) is 0 Å². The van der Waals surface area contributed by atoms with Crippen molar-refractivity contribution >= 4 is 29.3 Å². The largest absolute Gasteiger partial charge is 0.506 e. The molecule has 0 unspecified atom stereocenters. The van der Waals surface area contributed by atoms with E-state index in [-0.39, 0.29) is 34.0 Å². The summed E-state index contributed by atoms with van der Waals surface area (Å²) in [5.74, 6) is -2.24. The number of aromatic carboxylic acids is 1. The number of hydrogen-bond donors (Lipinski definition) is 3. The van der Waals surface area contributed by atoms with Gasteiger partial charge in [-0.15, -0.1) is 0 Å². The zero-order valence-electron chi connectivity index (χ0n) is 12.4. The molecule has 8 heteroatoms. The Kier molecular flexibility index (Phi) is 4.93. The van der Waals surface area contributed by atoms with Crippen molar-refractivity contribution in [2.75, 3.05) is 7.11 Å². The number of carboxylic acids is 1. The number of aliphatic imine (C=N–C) groups is 2. The van der Waals surface area contributed by atoms with Crippen molar-refractivity contribution in [2.24, 2.45) is 9.98 Å². The molecular formula is C16H12N2O6. The fourth-order valence-electron chi connectivity index (χ4n) is 1.74. The monoisotopic (exact) mass is 328 g/mol. The first-order valence-electron chi connectivity index (χ1n) is 6.56. The standard InChI is InChI=1S/C16H12N2O6/c1-24-16(23)10-3-5-14(20)12(7-10)18-8-17-11-6-9(15(21)22)2-4-13(11)19/h2-7,19-20H,1H3,(H,21,22). The SMILES string of the molecule is COC(=O)c1ccc(O)c(N=C=Nc2cc(C(=O)O)ccc2O)c1. The maximum atomic E-state index is 11.4. The first kappa shape index (κ1) is 16.7. The van der Waals surface area contributed by atoms with Crippen LogP contribution in [0.2, 0.25) is 0 Å². The molecule has 0 aliphatic heterocycles. The summed E-state index contributed by atoms with van der Waals surface area (Å²) in [6.07, 6.45) is 0. The first-order chi connectivity index (χ1) is 11.4. The predicted molar refractivity (Wildman–Crippen MR) is 83.7 cm³/mol. The summed E-state index contributed by atoms with van der Waals surface area (Å²) in [5.41, 5.74) is 0.0632. The van der Waals surface area contributed by atoms with Gasteiger partial charge in [0.1, 0.15) is 28.9 Å². The fraction of sp³-hybridized carbons (Fsp3) is 0.0625. The van der Waals surface area contributed by atoms with E-state index in [0.29, 0.717) is 0 Å². The molecule has 24 heavy (non-hydrogen) atoms. The van der Waals surface area contributed by atoms with Crippen LogP contribution in [0.3, 0.4) is 0 Å². The highest BCUT2D eigenvalue weighted by Gasteiger charge is 2.09. The number of carbonyl (C=O) groups is 2. The third kappa shape index (κ3) is 3.76. The van der Waals surface area contributed by atoms with Gasteiger partial charge in [-0.3, -0.25) is 0 Å². The number of phenolic OH excluding ortho intramolecular Hbond substituents is 2. The number of esters is 1. The van der Waals surface area contributed by atoms with Crippen LogP contribution in [0.25, 0.3) is 0 Å². The minimum absolute atomic E-state index is 0.00975. The average Bonchev–Trinajstić information content (AvgIpc) is 2.57. The average molecular weight is 328 g/mol. The summed E-state index contributed by atoms with van der Waals surface area (Å²) in [4.78, 5) is 29.8. The van der Waals surface area contributed by atoms with Gasteiger partial charge in [0.2, 0.25) is 0 Å². The molecule has 0 aliphatic carbocycles. The van der Waals surface area contributed by atoms with Crippen molar-refractivity contribution in [1.82, 2.24) is 0 Å². The van der Waals surface area contributed by atoms with E-state index in [4.69, 9.17) is 5.11 Å². The highest BCUT2D eigenvalue weighted by molar-refractivity contribution is 5.91. The Balaban J connectivity index is 2.37. The number of nitrogens with zero attached hydrogens (tertiary/aromatic N) is 2. The molecule has 3 N–H and O–H groups in total. The summed E-state index contributed by atoms with van der Waals surface area (Å²) in [6.45, 7) is 0. The van der Waals surface area contributed by atoms with Crippen molar-refractivity contribution in [2.45, 2.75) is 0 Å². The Hall–Kier alpha value is -3.64. The van der Waals surface area contributed by atoms with Crippen molar-refractivity contribution in [3.05, 3.63) is 47.5 Å². The summed E-state index contributed by atoms with van der Waals surface area (Å²) in [7, 11) is 1.22. The van der Waals surface area contributed by atoms with Crippen LogP contribution in [0.1, 0.15) is 20.7 Å². The zero-order valence-corrected chi connectivity index (χ0v) is 12.4. The molecule has 0 heterocycles. The van der Waals surface area contributed by atoms with E-state index in [1.807, 2.05) is 0 Å². The number of benzene rings is 2. The molecule has 0 spiro atoms. The van der Waals surface area contributed by atoms with Crippen LogP contribution in [0.5, 0.6) is 11.5 Å². The van der Waals surface area contributed by atoms with Crippen LogP contribution in [0, 0.1) is 0 Å². The van der Waals surface area contributed by atoms with Gasteiger partial charge in [0.05, 0.1) is 18.2 Å². The van der Waals surface area contributed by atoms with Crippen LogP contribution in [-0.2, 0) is 4.74 Å². The zero-order chi connectivity index (χ0) is 17.7. The molecule has 0 radical (unpaired) electrons. The summed E-state index contributed by atoms with van der Waals surface area (Å²) in [6, 6.07) is 9.68. The van der Waals surface area contributed by atoms with E-state index in [0.717, 1.165) is 6.07 Å². The summed E-state index contributed by atoms with van der Waals surface area (Å²) in [5, 5.41) is 28.2. The number of phenols is 2.